The van der Waals surface area contributed by atoms with E-state index in [1.165, 1.54) is 12.1 Å². The maximum absolute atomic E-state index is 13.0. The summed E-state index contributed by atoms with van der Waals surface area (Å²) in [4.78, 5) is 2.17. The molecule has 2 unspecified atom stereocenters. The Bertz CT molecular complexity index is 478. The van der Waals surface area contributed by atoms with Crippen LogP contribution in [0.15, 0.2) is 24.3 Å². The minimum absolute atomic E-state index is 0. The van der Waals surface area contributed by atoms with E-state index in [-0.39, 0.29) is 12.4 Å². The highest BCUT2D eigenvalue weighted by molar-refractivity contribution is 5.85. The fraction of sp³-hybridized carbons (Fsp3) is 0.600. The number of halogens is 4. The molecule has 1 aromatic carbocycles. The molecule has 2 nitrogen and oxygen atoms in total. The molecule has 1 N–H and O–H groups in total. The Hall–Kier alpha value is -0.780. The van der Waals surface area contributed by atoms with Crippen molar-refractivity contribution in [3.63, 3.8) is 0 Å². The summed E-state index contributed by atoms with van der Waals surface area (Å²) in [7, 11) is 0. The van der Waals surface area contributed by atoms with Crippen LogP contribution in [0.1, 0.15) is 24.0 Å². The first-order valence-electron chi connectivity index (χ1n) is 7.15. The normalized spacial score (nSPS) is 26.2. The lowest BCUT2D eigenvalue weighted by Crippen LogP contribution is -2.44. The molecule has 2 aliphatic rings. The molecular weight excluding hydrogens is 301 g/mol. The molecule has 118 valence electrons. The third-order valence-corrected chi connectivity index (χ3v) is 4.46. The van der Waals surface area contributed by atoms with E-state index >= 15 is 0 Å². The number of nitrogens with zero attached hydrogens (tertiary/aromatic N) is 1. The second kappa shape index (κ2) is 6.55. The van der Waals surface area contributed by atoms with Gasteiger partial charge >= 0.3 is 6.18 Å². The minimum Gasteiger partial charge on any atom is -0.314 e. The van der Waals surface area contributed by atoms with Gasteiger partial charge in [-0.3, -0.25) is 4.90 Å². The largest absolute Gasteiger partial charge is 0.416 e. The molecule has 1 aromatic rings. The van der Waals surface area contributed by atoms with Gasteiger partial charge in [0.15, 0.2) is 0 Å². The van der Waals surface area contributed by atoms with Gasteiger partial charge in [0.2, 0.25) is 0 Å². The van der Waals surface area contributed by atoms with Crippen LogP contribution in [0.2, 0.25) is 0 Å². The average Bonchev–Trinajstić information content (AvgIpc) is 2.85. The van der Waals surface area contributed by atoms with E-state index in [0.717, 1.165) is 32.5 Å². The van der Waals surface area contributed by atoms with Crippen LogP contribution < -0.4 is 5.32 Å². The molecule has 0 bridgehead atoms. The van der Waals surface area contributed by atoms with Crippen LogP contribution in [0.4, 0.5) is 13.2 Å². The first kappa shape index (κ1) is 16.6. The molecule has 2 aliphatic heterocycles. The zero-order chi connectivity index (χ0) is 14.2. The Morgan fingerprint density at radius 3 is 2.71 bits per heavy atom. The molecule has 0 radical (unpaired) electrons. The summed E-state index contributed by atoms with van der Waals surface area (Å²) in [6, 6.07) is 6.50. The first-order valence-corrected chi connectivity index (χ1v) is 7.15. The molecule has 2 saturated heterocycles. The van der Waals surface area contributed by atoms with Gasteiger partial charge in [-0.15, -0.1) is 12.4 Å². The summed E-state index contributed by atoms with van der Waals surface area (Å²) < 4.78 is 39.0. The van der Waals surface area contributed by atoms with Crippen molar-refractivity contribution in [2.24, 2.45) is 5.92 Å². The maximum Gasteiger partial charge on any atom is 0.416 e. The highest BCUT2D eigenvalue weighted by atomic mass is 35.5. The highest BCUT2D eigenvalue weighted by Crippen LogP contribution is 2.33. The van der Waals surface area contributed by atoms with Crippen LogP contribution in [0, 0.1) is 5.92 Å². The zero-order valence-electron chi connectivity index (χ0n) is 11.7. The van der Waals surface area contributed by atoms with E-state index in [4.69, 9.17) is 0 Å². The summed E-state index contributed by atoms with van der Waals surface area (Å²) >= 11 is 0. The molecule has 21 heavy (non-hydrogen) atoms. The quantitative estimate of drug-likeness (QED) is 0.899. The van der Waals surface area contributed by atoms with Crippen molar-refractivity contribution in [3.05, 3.63) is 35.4 Å². The Kier molecular flexibility index (Phi) is 5.17. The number of rotatable bonds is 2. The summed E-state index contributed by atoms with van der Waals surface area (Å²) in [5.41, 5.74) is -0.101. The van der Waals surface area contributed by atoms with E-state index < -0.39 is 11.7 Å². The predicted molar refractivity (Wildman–Crippen MR) is 78.5 cm³/mol. The van der Waals surface area contributed by atoms with Crippen molar-refractivity contribution >= 4 is 12.4 Å². The number of likely N-dealkylation sites (tertiary alicyclic amines) is 1. The van der Waals surface area contributed by atoms with Gasteiger partial charge in [0.05, 0.1) is 5.56 Å². The van der Waals surface area contributed by atoms with Crippen molar-refractivity contribution in [2.45, 2.75) is 31.6 Å². The van der Waals surface area contributed by atoms with E-state index in [1.54, 1.807) is 12.1 Å². The average molecular weight is 321 g/mol. The van der Waals surface area contributed by atoms with Crippen molar-refractivity contribution in [3.8, 4) is 0 Å². The lowest BCUT2D eigenvalue weighted by molar-refractivity contribution is -0.138. The monoisotopic (exact) mass is 320 g/mol. The zero-order valence-corrected chi connectivity index (χ0v) is 12.5. The van der Waals surface area contributed by atoms with Gasteiger partial charge in [-0.05, 0) is 43.5 Å². The fourth-order valence-electron chi connectivity index (χ4n) is 3.44. The molecule has 0 spiro atoms. The van der Waals surface area contributed by atoms with Crippen molar-refractivity contribution < 1.29 is 13.2 Å². The third kappa shape index (κ3) is 3.71. The van der Waals surface area contributed by atoms with Crippen LogP contribution in [-0.2, 0) is 12.7 Å². The molecule has 3 rings (SSSR count). The molecule has 0 aliphatic carbocycles. The Morgan fingerprint density at radius 1 is 1.19 bits per heavy atom. The molecule has 0 saturated carbocycles. The highest BCUT2D eigenvalue weighted by Gasteiger charge is 2.35. The summed E-state index contributed by atoms with van der Waals surface area (Å²) in [5, 5.41) is 3.47. The van der Waals surface area contributed by atoms with E-state index in [0.29, 0.717) is 24.1 Å². The number of alkyl halides is 3. The lowest BCUT2D eigenvalue weighted by atomic mass is 9.93. The van der Waals surface area contributed by atoms with Crippen molar-refractivity contribution in [2.75, 3.05) is 19.6 Å². The Balaban J connectivity index is 0.00000161. The second-order valence-corrected chi connectivity index (χ2v) is 5.79. The topological polar surface area (TPSA) is 15.3 Å². The van der Waals surface area contributed by atoms with Crippen LogP contribution in [0.5, 0.6) is 0 Å². The SMILES string of the molecule is Cl.FC(F)(F)c1ccccc1CN1CCC2NCCC2C1. The van der Waals surface area contributed by atoms with Gasteiger partial charge < -0.3 is 5.32 Å². The van der Waals surface area contributed by atoms with Gasteiger partial charge in [0.1, 0.15) is 0 Å². The van der Waals surface area contributed by atoms with E-state index in [1.807, 2.05) is 0 Å². The van der Waals surface area contributed by atoms with Crippen LogP contribution >= 0.6 is 12.4 Å². The standard InChI is InChI=1S/C15H19F3N2.ClH/c16-15(17,18)13-4-2-1-3-11(13)9-20-8-6-14-12(10-20)5-7-19-14;/h1-4,12,14,19H,5-10H2;1H. The van der Waals surface area contributed by atoms with Crippen molar-refractivity contribution in [1.82, 2.24) is 10.2 Å². The minimum atomic E-state index is -4.26. The number of piperidine rings is 1. The lowest BCUT2D eigenvalue weighted by Gasteiger charge is -2.35. The van der Waals surface area contributed by atoms with Crippen LogP contribution in [0.25, 0.3) is 0 Å². The number of fused-ring (bicyclic) bond motifs is 1. The molecule has 2 atom stereocenters. The van der Waals surface area contributed by atoms with Crippen LogP contribution in [-0.4, -0.2) is 30.6 Å². The predicted octanol–water partition coefficient (Wildman–Crippen LogP) is 3.31. The summed E-state index contributed by atoms with van der Waals surface area (Å²) in [6.45, 7) is 3.23. The van der Waals surface area contributed by atoms with E-state index in [2.05, 4.69) is 10.2 Å². The third-order valence-electron chi connectivity index (χ3n) is 4.46. The number of hydrogen-bond donors (Lipinski definition) is 1. The number of nitrogens with one attached hydrogen (secondary N) is 1. The number of hydrogen-bond acceptors (Lipinski definition) is 2. The molecule has 6 heteroatoms. The molecule has 0 aromatic heterocycles. The first-order chi connectivity index (χ1) is 9.54. The maximum atomic E-state index is 13.0. The van der Waals surface area contributed by atoms with Crippen LogP contribution in [0.3, 0.4) is 0 Å². The number of benzene rings is 1. The molecule has 2 fully saturated rings. The summed E-state index contributed by atoms with van der Waals surface area (Å²) in [6.07, 6.45) is -2.08. The molecule has 0 amide bonds. The van der Waals surface area contributed by atoms with E-state index in [9.17, 15) is 13.2 Å². The summed E-state index contributed by atoms with van der Waals surface area (Å²) in [5.74, 6) is 0.599. The van der Waals surface area contributed by atoms with Gasteiger partial charge in [-0.25, -0.2) is 0 Å². The molecule has 2 heterocycles. The Labute approximate surface area is 129 Å². The smallest absolute Gasteiger partial charge is 0.314 e. The Morgan fingerprint density at radius 2 is 1.95 bits per heavy atom. The van der Waals surface area contributed by atoms with Gasteiger partial charge in [-0.2, -0.15) is 13.2 Å². The molecular formula is C15H20ClF3N2. The van der Waals surface area contributed by atoms with Gasteiger partial charge in [0.25, 0.3) is 0 Å². The van der Waals surface area contributed by atoms with Crippen molar-refractivity contribution in [1.29, 1.82) is 0 Å². The van der Waals surface area contributed by atoms with Gasteiger partial charge in [-0.1, -0.05) is 18.2 Å². The van der Waals surface area contributed by atoms with Gasteiger partial charge in [0, 0.05) is 19.1 Å². The second-order valence-electron chi connectivity index (χ2n) is 5.79. The fourth-order valence-corrected chi connectivity index (χ4v) is 3.44.